The van der Waals surface area contributed by atoms with Gasteiger partial charge in [0.2, 0.25) is 0 Å². The van der Waals surface area contributed by atoms with E-state index in [0.717, 1.165) is 37.7 Å². The molecule has 1 heterocycles. The fourth-order valence-electron chi connectivity index (χ4n) is 3.12. The van der Waals surface area contributed by atoms with E-state index in [1.54, 1.807) is 0 Å². The summed E-state index contributed by atoms with van der Waals surface area (Å²) in [5, 5.41) is 0. The van der Waals surface area contributed by atoms with Crippen molar-refractivity contribution in [2.24, 2.45) is 17.8 Å². The maximum atomic E-state index is 11.8. The van der Waals surface area contributed by atoms with Gasteiger partial charge in [0.15, 0.2) is 5.78 Å². The van der Waals surface area contributed by atoms with Crippen LogP contribution in [0.1, 0.15) is 39.5 Å². The van der Waals surface area contributed by atoms with Gasteiger partial charge >= 0.3 is 0 Å². The van der Waals surface area contributed by atoms with E-state index in [0.29, 0.717) is 12.7 Å². The first-order valence-electron chi connectivity index (χ1n) is 6.87. The normalized spacial score (nSPS) is 38.2. The molecule has 0 aromatic rings. The predicted octanol–water partition coefficient (Wildman–Crippen LogP) is 2.43. The Balaban J connectivity index is 1.71. The SMILES string of the molecule is CC1CC(C)CC(OCC(=O)C2CCOC2)C1. The number of Topliss-reactive ketones (excluding diaryl/α,β-unsaturated/α-hetero) is 1. The van der Waals surface area contributed by atoms with Crippen LogP contribution in [-0.2, 0) is 14.3 Å². The number of rotatable bonds is 4. The van der Waals surface area contributed by atoms with Crippen molar-refractivity contribution in [2.75, 3.05) is 19.8 Å². The standard InChI is InChI=1S/C14H24O3/c1-10-5-11(2)7-13(6-10)17-9-14(15)12-3-4-16-8-12/h10-13H,3-9H2,1-2H3. The zero-order valence-electron chi connectivity index (χ0n) is 11.0. The molecule has 2 aliphatic rings. The molecule has 3 nitrogen and oxygen atoms in total. The van der Waals surface area contributed by atoms with Gasteiger partial charge in [0.25, 0.3) is 0 Å². The van der Waals surface area contributed by atoms with E-state index in [4.69, 9.17) is 9.47 Å². The third-order valence-corrected chi connectivity index (χ3v) is 3.98. The molecule has 98 valence electrons. The topological polar surface area (TPSA) is 35.5 Å². The minimum Gasteiger partial charge on any atom is -0.381 e. The Labute approximate surface area is 104 Å². The lowest BCUT2D eigenvalue weighted by Gasteiger charge is -2.31. The quantitative estimate of drug-likeness (QED) is 0.757. The van der Waals surface area contributed by atoms with Crippen LogP contribution in [0.5, 0.6) is 0 Å². The number of hydrogen-bond acceptors (Lipinski definition) is 3. The maximum Gasteiger partial charge on any atom is 0.163 e. The van der Waals surface area contributed by atoms with Crippen LogP contribution in [0.15, 0.2) is 0 Å². The van der Waals surface area contributed by atoms with Crippen molar-refractivity contribution in [2.45, 2.75) is 45.6 Å². The third-order valence-electron chi connectivity index (χ3n) is 3.98. The molecule has 1 aliphatic carbocycles. The Hall–Kier alpha value is -0.410. The van der Waals surface area contributed by atoms with E-state index < -0.39 is 0 Å². The number of carbonyl (C=O) groups is 1. The fraction of sp³-hybridized carbons (Fsp3) is 0.929. The van der Waals surface area contributed by atoms with Crippen LogP contribution in [0.4, 0.5) is 0 Å². The molecule has 1 aliphatic heterocycles. The first-order chi connectivity index (χ1) is 8.15. The second kappa shape index (κ2) is 5.96. The van der Waals surface area contributed by atoms with Gasteiger partial charge in [-0.15, -0.1) is 0 Å². The van der Waals surface area contributed by atoms with Gasteiger partial charge in [-0.1, -0.05) is 13.8 Å². The van der Waals surface area contributed by atoms with Gasteiger partial charge in [0.05, 0.1) is 12.7 Å². The monoisotopic (exact) mass is 240 g/mol. The molecule has 3 atom stereocenters. The molecule has 0 spiro atoms. The van der Waals surface area contributed by atoms with Crippen LogP contribution in [0.25, 0.3) is 0 Å². The highest BCUT2D eigenvalue weighted by Crippen LogP contribution is 2.30. The van der Waals surface area contributed by atoms with E-state index in [-0.39, 0.29) is 18.3 Å². The highest BCUT2D eigenvalue weighted by atomic mass is 16.5. The summed E-state index contributed by atoms with van der Waals surface area (Å²) in [6.07, 6.45) is 4.68. The zero-order valence-corrected chi connectivity index (χ0v) is 11.0. The zero-order chi connectivity index (χ0) is 12.3. The van der Waals surface area contributed by atoms with Crippen molar-refractivity contribution >= 4 is 5.78 Å². The summed E-state index contributed by atoms with van der Waals surface area (Å²) < 4.78 is 11.0. The Morgan fingerprint density at radius 1 is 1.24 bits per heavy atom. The summed E-state index contributed by atoms with van der Waals surface area (Å²) in [5.41, 5.74) is 0. The summed E-state index contributed by atoms with van der Waals surface area (Å²) in [4.78, 5) is 11.8. The molecule has 0 radical (unpaired) electrons. The Morgan fingerprint density at radius 3 is 2.53 bits per heavy atom. The van der Waals surface area contributed by atoms with Crippen molar-refractivity contribution in [1.29, 1.82) is 0 Å². The molecule has 1 saturated heterocycles. The molecule has 0 bridgehead atoms. The fourth-order valence-corrected chi connectivity index (χ4v) is 3.12. The summed E-state index contributed by atoms with van der Waals surface area (Å²) >= 11 is 0. The van der Waals surface area contributed by atoms with E-state index in [2.05, 4.69) is 13.8 Å². The first kappa shape index (κ1) is 13.0. The third kappa shape index (κ3) is 3.78. The summed E-state index contributed by atoms with van der Waals surface area (Å²) in [5.74, 6) is 1.78. The molecule has 0 N–H and O–H groups in total. The summed E-state index contributed by atoms with van der Waals surface area (Å²) in [6, 6.07) is 0. The van der Waals surface area contributed by atoms with Gasteiger partial charge in [-0.3, -0.25) is 4.79 Å². The maximum absolute atomic E-state index is 11.8. The minimum atomic E-state index is 0.0911. The lowest BCUT2D eigenvalue weighted by molar-refractivity contribution is -0.130. The van der Waals surface area contributed by atoms with E-state index >= 15 is 0 Å². The Morgan fingerprint density at radius 2 is 1.94 bits per heavy atom. The smallest absolute Gasteiger partial charge is 0.163 e. The van der Waals surface area contributed by atoms with Crippen molar-refractivity contribution in [3.05, 3.63) is 0 Å². The van der Waals surface area contributed by atoms with Gasteiger partial charge in [0.1, 0.15) is 6.61 Å². The van der Waals surface area contributed by atoms with Gasteiger partial charge in [-0.2, -0.15) is 0 Å². The van der Waals surface area contributed by atoms with Crippen LogP contribution in [0.2, 0.25) is 0 Å². The van der Waals surface area contributed by atoms with Crippen LogP contribution in [0.3, 0.4) is 0 Å². The molecule has 3 unspecified atom stereocenters. The van der Waals surface area contributed by atoms with Crippen molar-refractivity contribution < 1.29 is 14.3 Å². The molecular weight excluding hydrogens is 216 g/mol. The molecule has 0 aromatic carbocycles. The van der Waals surface area contributed by atoms with E-state index in [1.807, 2.05) is 0 Å². The molecule has 2 rings (SSSR count). The van der Waals surface area contributed by atoms with Crippen molar-refractivity contribution in [3.8, 4) is 0 Å². The molecule has 2 fully saturated rings. The average Bonchev–Trinajstić information content (AvgIpc) is 2.78. The van der Waals surface area contributed by atoms with Crippen molar-refractivity contribution in [3.63, 3.8) is 0 Å². The molecular formula is C14H24O3. The molecule has 0 aromatic heterocycles. The summed E-state index contributed by atoms with van der Waals surface area (Å²) in [7, 11) is 0. The van der Waals surface area contributed by atoms with Gasteiger partial charge < -0.3 is 9.47 Å². The average molecular weight is 240 g/mol. The summed E-state index contributed by atoms with van der Waals surface area (Å²) in [6.45, 7) is 6.17. The van der Waals surface area contributed by atoms with E-state index in [1.165, 1.54) is 6.42 Å². The van der Waals surface area contributed by atoms with Gasteiger partial charge in [0, 0.05) is 12.5 Å². The Kier molecular flexibility index (Phi) is 4.57. The van der Waals surface area contributed by atoms with E-state index in [9.17, 15) is 4.79 Å². The van der Waals surface area contributed by atoms with Crippen LogP contribution >= 0.6 is 0 Å². The first-order valence-corrected chi connectivity index (χ1v) is 6.87. The highest BCUT2D eigenvalue weighted by Gasteiger charge is 2.27. The molecule has 3 heteroatoms. The molecule has 17 heavy (non-hydrogen) atoms. The lowest BCUT2D eigenvalue weighted by Crippen LogP contribution is -2.30. The lowest BCUT2D eigenvalue weighted by atomic mass is 9.82. The number of hydrogen-bond donors (Lipinski definition) is 0. The number of ether oxygens (including phenoxy) is 2. The van der Waals surface area contributed by atoms with Crippen LogP contribution < -0.4 is 0 Å². The largest absolute Gasteiger partial charge is 0.381 e. The second-order valence-corrected chi connectivity index (χ2v) is 5.88. The van der Waals surface area contributed by atoms with Crippen molar-refractivity contribution in [1.82, 2.24) is 0 Å². The second-order valence-electron chi connectivity index (χ2n) is 5.88. The highest BCUT2D eigenvalue weighted by molar-refractivity contribution is 5.82. The molecule has 0 amide bonds. The van der Waals surface area contributed by atoms with Gasteiger partial charge in [-0.05, 0) is 37.5 Å². The number of ketones is 1. The van der Waals surface area contributed by atoms with Crippen LogP contribution in [-0.4, -0.2) is 31.7 Å². The Bertz CT molecular complexity index is 248. The number of carbonyl (C=O) groups excluding carboxylic acids is 1. The predicted molar refractivity (Wildman–Crippen MR) is 65.9 cm³/mol. The van der Waals surface area contributed by atoms with Crippen LogP contribution in [0, 0.1) is 17.8 Å². The van der Waals surface area contributed by atoms with Gasteiger partial charge in [-0.25, -0.2) is 0 Å². The molecule has 1 saturated carbocycles. The minimum absolute atomic E-state index is 0.0911.